The number of aromatic nitrogens is 2. The molecule has 0 spiro atoms. The van der Waals surface area contributed by atoms with Crippen molar-refractivity contribution in [3.8, 4) is 0 Å². The van der Waals surface area contributed by atoms with E-state index >= 15 is 0 Å². The Hall–Kier alpha value is -2.36. The number of aromatic amines is 1. The van der Waals surface area contributed by atoms with Gasteiger partial charge in [0.2, 0.25) is 0 Å². The lowest BCUT2D eigenvalue weighted by atomic mass is 10.1. The summed E-state index contributed by atoms with van der Waals surface area (Å²) in [6.45, 7) is 2.44. The summed E-state index contributed by atoms with van der Waals surface area (Å²) in [5.41, 5.74) is 2.74. The summed E-state index contributed by atoms with van der Waals surface area (Å²) in [5, 5.41) is 0. The Labute approximate surface area is 109 Å². The molecular formula is C15H13FN2O. The lowest BCUT2D eigenvalue weighted by Crippen LogP contribution is -2.17. The predicted molar refractivity (Wildman–Crippen MR) is 72.8 cm³/mol. The Morgan fingerprint density at radius 2 is 1.89 bits per heavy atom. The maximum Gasteiger partial charge on any atom is 0.326 e. The molecule has 3 nitrogen and oxygen atoms in total. The second-order valence-corrected chi connectivity index (χ2v) is 4.64. The van der Waals surface area contributed by atoms with Crippen LogP contribution in [-0.2, 0) is 6.54 Å². The van der Waals surface area contributed by atoms with Gasteiger partial charge in [-0.15, -0.1) is 0 Å². The summed E-state index contributed by atoms with van der Waals surface area (Å²) >= 11 is 0. The fourth-order valence-corrected chi connectivity index (χ4v) is 2.18. The van der Waals surface area contributed by atoms with Crippen molar-refractivity contribution in [3.05, 3.63) is 69.9 Å². The Morgan fingerprint density at radius 3 is 2.63 bits per heavy atom. The van der Waals surface area contributed by atoms with Crippen LogP contribution in [0.3, 0.4) is 0 Å². The predicted octanol–water partition coefficient (Wildman–Crippen LogP) is 2.83. The number of fused-ring (bicyclic) bond motifs is 1. The SMILES string of the molecule is Cc1ccc(Cn2c(=O)[nH]c3c(F)cccc32)cc1. The van der Waals surface area contributed by atoms with Crippen LogP contribution in [0.15, 0.2) is 47.3 Å². The van der Waals surface area contributed by atoms with Gasteiger partial charge in [0.05, 0.1) is 12.1 Å². The summed E-state index contributed by atoms with van der Waals surface area (Å²) in [4.78, 5) is 14.5. The molecule has 0 radical (unpaired) electrons. The van der Waals surface area contributed by atoms with E-state index in [1.54, 1.807) is 16.7 Å². The van der Waals surface area contributed by atoms with E-state index in [0.29, 0.717) is 12.1 Å². The third-order valence-electron chi connectivity index (χ3n) is 3.22. The average Bonchev–Trinajstić information content (AvgIpc) is 2.71. The minimum Gasteiger partial charge on any atom is -0.303 e. The third-order valence-corrected chi connectivity index (χ3v) is 3.22. The molecule has 0 saturated carbocycles. The Kier molecular flexibility index (Phi) is 2.71. The summed E-state index contributed by atoms with van der Waals surface area (Å²) in [7, 11) is 0. The van der Waals surface area contributed by atoms with E-state index in [4.69, 9.17) is 0 Å². The van der Waals surface area contributed by atoms with Gasteiger partial charge in [0, 0.05) is 0 Å². The third kappa shape index (κ3) is 2.05. The number of rotatable bonds is 2. The van der Waals surface area contributed by atoms with Crippen LogP contribution in [0.4, 0.5) is 4.39 Å². The Morgan fingerprint density at radius 1 is 1.16 bits per heavy atom. The summed E-state index contributed by atoms with van der Waals surface area (Å²) in [5.74, 6) is -0.405. The maximum absolute atomic E-state index is 13.6. The van der Waals surface area contributed by atoms with Crippen molar-refractivity contribution in [1.82, 2.24) is 9.55 Å². The first-order valence-corrected chi connectivity index (χ1v) is 6.08. The number of H-pyrrole nitrogens is 1. The molecule has 1 N–H and O–H groups in total. The van der Waals surface area contributed by atoms with Crippen molar-refractivity contribution in [2.45, 2.75) is 13.5 Å². The summed E-state index contributed by atoms with van der Waals surface area (Å²) in [6.07, 6.45) is 0. The molecule has 0 aliphatic carbocycles. The van der Waals surface area contributed by atoms with Gasteiger partial charge in [0.25, 0.3) is 0 Å². The molecule has 1 aromatic heterocycles. The molecule has 4 heteroatoms. The van der Waals surface area contributed by atoms with Gasteiger partial charge in [0.1, 0.15) is 11.3 Å². The second-order valence-electron chi connectivity index (χ2n) is 4.64. The van der Waals surface area contributed by atoms with Crippen LogP contribution in [0, 0.1) is 12.7 Å². The molecule has 0 amide bonds. The zero-order chi connectivity index (χ0) is 13.4. The standard InChI is InChI=1S/C15H13FN2O/c1-10-5-7-11(8-6-10)9-18-13-4-2-3-12(16)14(13)17-15(18)19/h2-8H,9H2,1H3,(H,17,19). The molecule has 0 unspecified atom stereocenters. The highest BCUT2D eigenvalue weighted by molar-refractivity contribution is 5.75. The van der Waals surface area contributed by atoms with Crippen LogP contribution in [0.2, 0.25) is 0 Å². The summed E-state index contributed by atoms with van der Waals surface area (Å²) in [6, 6.07) is 12.6. The van der Waals surface area contributed by atoms with Crippen LogP contribution in [-0.4, -0.2) is 9.55 Å². The second kappa shape index (κ2) is 4.39. The minimum absolute atomic E-state index is 0.264. The highest BCUT2D eigenvalue weighted by Crippen LogP contribution is 2.15. The van der Waals surface area contributed by atoms with E-state index in [-0.39, 0.29) is 11.2 Å². The van der Waals surface area contributed by atoms with E-state index in [0.717, 1.165) is 5.56 Å². The zero-order valence-corrected chi connectivity index (χ0v) is 10.5. The van der Waals surface area contributed by atoms with E-state index < -0.39 is 5.82 Å². The molecule has 0 bridgehead atoms. The number of hydrogen-bond acceptors (Lipinski definition) is 1. The first kappa shape index (κ1) is 11.7. The van der Waals surface area contributed by atoms with Crippen LogP contribution in [0.25, 0.3) is 11.0 Å². The van der Waals surface area contributed by atoms with Crippen molar-refractivity contribution in [2.24, 2.45) is 0 Å². The highest BCUT2D eigenvalue weighted by Gasteiger charge is 2.10. The lowest BCUT2D eigenvalue weighted by molar-refractivity contribution is 0.637. The van der Waals surface area contributed by atoms with Crippen LogP contribution < -0.4 is 5.69 Å². The number of halogens is 1. The number of benzene rings is 2. The molecule has 2 aromatic carbocycles. The van der Waals surface area contributed by atoms with Gasteiger partial charge in [-0.25, -0.2) is 9.18 Å². The van der Waals surface area contributed by atoms with Gasteiger partial charge in [-0.05, 0) is 24.6 Å². The minimum atomic E-state index is -0.405. The van der Waals surface area contributed by atoms with Crippen molar-refractivity contribution in [3.63, 3.8) is 0 Å². The molecule has 1 heterocycles. The summed E-state index contributed by atoms with van der Waals surface area (Å²) < 4.78 is 15.1. The van der Waals surface area contributed by atoms with Crippen LogP contribution >= 0.6 is 0 Å². The first-order valence-electron chi connectivity index (χ1n) is 6.08. The molecule has 0 atom stereocenters. The van der Waals surface area contributed by atoms with E-state index in [2.05, 4.69) is 4.98 Å². The molecule has 0 aliphatic rings. The molecule has 0 aliphatic heterocycles. The number of aryl methyl sites for hydroxylation is 1. The topological polar surface area (TPSA) is 37.8 Å². The molecule has 0 saturated heterocycles. The smallest absolute Gasteiger partial charge is 0.303 e. The largest absolute Gasteiger partial charge is 0.326 e. The van der Waals surface area contributed by atoms with Crippen LogP contribution in [0.5, 0.6) is 0 Å². The van der Waals surface area contributed by atoms with Gasteiger partial charge in [-0.3, -0.25) is 4.57 Å². The van der Waals surface area contributed by atoms with Gasteiger partial charge < -0.3 is 4.98 Å². The fraction of sp³-hybridized carbons (Fsp3) is 0.133. The average molecular weight is 256 g/mol. The highest BCUT2D eigenvalue weighted by atomic mass is 19.1. The van der Waals surface area contributed by atoms with Crippen molar-refractivity contribution in [2.75, 3.05) is 0 Å². The van der Waals surface area contributed by atoms with Crippen LogP contribution in [0.1, 0.15) is 11.1 Å². The monoisotopic (exact) mass is 256 g/mol. The van der Waals surface area contributed by atoms with Crippen molar-refractivity contribution < 1.29 is 4.39 Å². The van der Waals surface area contributed by atoms with E-state index in [1.807, 2.05) is 31.2 Å². The first-order chi connectivity index (χ1) is 9.15. The molecule has 3 rings (SSSR count). The molecule has 19 heavy (non-hydrogen) atoms. The molecule has 96 valence electrons. The number of nitrogens with zero attached hydrogens (tertiary/aromatic N) is 1. The number of hydrogen-bond donors (Lipinski definition) is 1. The molecular weight excluding hydrogens is 243 g/mol. The molecule has 0 fully saturated rings. The van der Waals surface area contributed by atoms with Crippen molar-refractivity contribution >= 4 is 11.0 Å². The van der Waals surface area contributed by atoms with Gasteiger partial charge in [-0.1, -0.05) is 35.9 Å². The number of nitrogens with one attached hydrogen (secondary N) is 1. The van der Waals surface area contributed by atoms with Gasteiger partial charge in [-0.2, -0.15) is 0 Å². The number of imidazole rings is 1. The Bertz CT molecular complexity index is 784. The maximum atomic E-state index is 13.6. The van der Waals surface area contributed by atoms with Crippen molar-refractivity contribution in [1.29, 1.82) is 0 Å². The van der Waals surface area contributed by atoms with E-state index in [1.165, 1.54) is 11.6 Å². The molecule has 3 aromatic rings. The lowest BCUT2D eigenvalue weighted by Gasteiger charge is -2.04. The normalized spacial score (nSPS) is 11.1. The quantitative estimate of drug-likeness (QED) is 0.752. The van der Waals surface area contributed by atoms with Gasteiger partial charge in [0.15, 0.2) is 0 Å². The van der Waals surface area contributed by atoms with Gasteiger partial charge >= 0.3 is 5.69 Å². The fourth-order valence-electron chi connectivity index (χ4n) is 2.18. The zero-order valence-electron chi connectivity index (χ0n) is 10.5. The van der Waals surface area contributed by atoms with E-state index in [9.17, 15) is 9.18 Å². The Balaban J connectivity index is 2.10. The number of para-hydroxylation sites is 1.